The molecule has 20 heavy (non-hydrogen) atoms. The van der Waals surface area contributed by atoms with Crippen molar-refractivity contribution in [3.63, 3.8) is 0 Å². The molecule has 1 aliphatic carbocycles. The highest BCUT2D eigenvalue weighted by atomic mass is 35.5. The smallest absolute Gasteiger partial charge is 0.170 e. The zero-order chi connectivity index (χ0) is 14.8. The van der Waals surface area contributed by atoms with Crippen LogP contribution in [0.4, 0.5) is 5.69 Å². The summed E-state index contributed by atoms with van der Waals surface area (Å²) in [6, 6.07) is 8.05. The number of halogens is 1. The van der Waals surface area contributed by atoms with Crippen molar-refractivity contribution in [2.75, 3.05) is 5.32 Å². The topological polar surface area (TPSA) is 24.1 Å². The summed E-state index contributed by atoms with van der Waals surface area (Å²) in [5.41, 5.74) is 1.36. The molecular weight excluding hydrogens is 288 g/mol. The van der Waals surface area contributed by atoms with Crippen LogP contribution in [-0.2, 0) is 0 Å². The molecule has 0 amide bonds. The van der Waals surface area contributed by atoms with E-state index in [4.69, 9.17) is 23.8 Å². The lowest BCUT2D eigenvalue weighted by molar-refractivity contribution is 0.162. The van der Waals surface area contributed by atoms with Crippen LogP contribution in [0.2, 0.25) is 5.02 Å². The van der Waals surface area contributed by atoms with Gasteiger partial charge >= 0.3 is 0 Å². The van der Waals surface area contributed by atoms with E-state index in [2.05, 4.69) is 31.4 Å². The first-order valence-electron chi connectivity index (χ1n) is 7.17. The molecule has 0 radical (unpaired) electrons. The van der Waals surface area contributed by atoms with Crippen LogP contribution < -0.4 is 10.6 Å². The lowest BCUT2D eigenvalue weighted by Gasteiger charge is -2.39. The van der Waals surface area contributed by atoms with Crippen molar-refractivity contribution in [1.29, 1.82) is 0 Å². The van der Waals surface area contributed by atoms with Gasteiger partial charge in [0, 0.05) is 16.8 Å². The first-order valence-corrected chi connectivity index (χ1v) is 7.96. The average Bonchev–Trinajstić information content (AvgIpc) is 2.29. The Morgan fingerprint density at radius 2 is 1.90 bits per heavy atom. The summed E-state index contributed by atoms with van der Waals surface area (Å²) in [6.07, 6.45) is 3.65. The van der Waals surface area contributed by atoms with E-state index in [0.717, 1.165) is 16.6 Å². The molecule has 0 heterocycles. The van der Waals surface area contributed by atoms with E-state index < -0.39 is 0 Å². The minimum Gasteiger partial charge on any atom is -0.360 e. The molecule has 0 aliphatic heterocycles. The van der Waals surface area contributed by atoms with E-state index in [9.17, 15) is 0 Å². The van der Waals surface area contributed by atoms with E-state index in [1.165, 1.54) is 19.3 Å². The van der Waals surface area contributed by atoms with Gasteiger partial charge in [-0.15, -0.1) is 0 Å². The van der Waals surface area contributed by atoms with Gasteiger partial charge in [-0.2, -0.15) is 0 Å². The molecule has 2 atom stereocenters. The van der Waals surface area contributed by atoms with Crippen LogP contribution in [0, 0.1) is 11.3 Å². The van der Waals surface area contributed by atoms with Gasteiger partial charge in [0.15, 0.2) is 5.11 Å². The fourth-order valence-electron chi connectivity index (χ4n) is 3.34. The van der Waals surface area contributed by atoms with E-state index in [-0.39, 0.29) is 0 Å². The number of hydrogen-bond donors (Lipinski definition) is 2. The summed E-state index contributed by atoms with van der Waals surface area (Å²) in [7, 11) is 0. The van der Waals surface area contributed by atoms with Crippen molar-refractivity contribution in [1.82, 2.24) is 5.32 Å². The van der Waals surface area contributed by atoms with Crippen molar-refractivity contribution >= 4 is 34.6 Å². The summed E-state index contributed by atoms with van der Waals surface area (Å²) in [4.78, 5) is 0. The number of thiocarbonyl (C=S) groups is 1. The zero-order valence-corrected chi connectivity index (χ0v) is 13.9. The summed E-state index contributed by atoms with van der Waals surface area (Å²) < 4.78 is 0. The first-order chi connectivity index (χ1) is 9.34. The molecule has 2 nitrogen and oxygen atoms in total. The molecule has 0 saturated heterocycles. The van der Waals surface area contributed by atoms with Gasteiger partial charge in [0.05, 0.1) is 0 Å². The molecule has 1 aliphatic rings. The largest absolute Gasteiger partial charge is 0.360 e. The van der Waals surface area contributed by atoms with Crippen molar-refractivity contribution in [2.45, 2.75) is 46.1 Å². The second-order valence-electron chi connectivity index (χ2n) is 6.72. The second-order valence-corrected chi connectivity index (χ2v) is 7.56. The van der Waals surface area contributed by atoms with Gasteiger partial charge in [0.2, 0.25) is 0 Å². The molecular formula is C16H23ClN2S. The van der Waals surface area contributed by atoms with Crippen molar-refractivity contribution in [2.24, 2.45) is 11.3 Å². The van der Waals surface area contributed by atoms with Gasteiger partial charge in [0.25, 0.3) is 0 Å². The maximum atomic E-state index is 5.88. The Morgan fingerprint density at radius 1 is 1.25 bits per heavy atom. The van der Waals surface area contributed by atoms with Crippen LogP contribution in [0.25, 0.3) is 0 Å². The maximum Gasteiger partial charge on any atom is 0.170 e. The fourth-order valence-corrected chi connectivity index (χ4v) is 3.75. The standard InChI is InChI=1S/C16H23ClN2S/c1-11-8-14(10-16(2,3)9-11)19-15(20)18-13-6-4-12(17)5-7-13/h4-7,11,14H,8-10H2,1-3H3,(H2,18,19,20). The third kappa shape index (κ3) is 4.64. The van der Waals surface area contributed by atoms with E-state index in [1.807, 2.05) is 24.3 Å². The Balaban J connectivity index is 1.89. The van der Waals surface area contributed by atoms with Crippen LogP contribution in [0.3, 0.4) is 0 Å². The minimum absolute atomic E-state index is 0.394. The fraction of sp³-hybridized carbons (Fsp3) is 0.562. The summed E-state index contributed by atoms with van der Waals surface area (Å²) in [5.74, 6) is 0.745. The molecule has 1 aromatic carbocycles. The number of rotatable bonds is 2. The lowest BCUT2D eigenvalue weighted by Crippen LogP contribution is -2.44. The van der Waals surface area contributed by atoms with Gasteiger partial charge in [0.1, 0.15) is 0 Å². The lowest BCUT2D eigenvalue weighted by atomic mass is 9.71. The normalized spacial score (nSPS) is 25.0. The molecule has 110 valence electrons. The molecule has 0 spiro atoms. The van der Waals surface area contributed by atoms with Crippen LogP contribution in [0.5, 0.6) is 0 Å². The van der Waals surface area contributed by atoms with Crippen molar-refractivity contribution in [3.8, 4) is 0 Å². The zero-order valence-electron chi connectivity index (χ0n) is 12.4. The third-order valence-electron chi connectivity index (χ3n) is 3.82. The molecule has 0 aromatic heterocycles. The Labute approximate surface area is 132 Å². The Hall–Kier alpha value is -0.800. The van der Waals surface area contributed by atoms with Gasteiger partial charge in [-0.05, 0) is 67.1 Å². The van der Waals surface area contributed by atoms with Crippen LogP contribution >= 0.6 is 23.8 Å². The van der Waals surface area contributed by atoms with Gasteiger partial charge in [-0.3, -0.25) is 0 Å². The third-order valence-corrected chi connectivity index (χ3v) is 4.30. The molecule has 2 rings (SSSR count). The van der Waals surface area contributed by atoms with Crippen LogP contribution in [0.15, 0.2) is 24.3 Å². The summed E-state index contributed by atoms with van der Waals surface area (Å²) in [6.45, 7) is 7.01. The predicted molar refractivity (Wildman–Crippen MR) is 91.4 cm³/mol. The number of anilines is 1. The van der Waals surface area contributed by atoms with Crippen molar-refractivity contribution < 1.29 is 0 Å². The quantitative estimate of drug-likeness (QED) is 0.764. The highest BCUT2D eigenvalue weighted by Gasteiger charge is 2.32. The Morgan fingerprint density at radius 3 is 2.50 bits per heavy atom. The molecule has 4 heteroatoms. The van der Waals surface area contributed by atoms with Gasteiger partial charge in [-0.25, -0.2) is 0 Å². The SMILES string of the molecule is CC1CC(NC(=S)Nc2ccc(Cl)cc2)CC(C)(C)C1. The molecule has 1 fully saturated rings. The van der Waals surface area contributed by atoms with Crippen LogP contribution in [0.1, 0.15) is 40.0 Å². The highest BCUT2D eigenvalue weighted by molar-refractivity contribution is 7.80. The monoisotopic (exact) mass is 310 g/mol. The average molecular weight is 311 g/mol. The predicted octanol–water partition coefficient (Wildman–Crippen LogP) is 4.84. The summed E-state index contributed by atoms with van der Waals surface area (Å²) in [5, 5.41) is 8.11. The van der Waals surface area contributed by atoms with Crippen LogP contribution in [-0.4, -0.2) is 11.2 Å². The second kappa shape index (κ2) is 6.31. The Bertz CT molecular complexity index is 470. The minimum atomic E-state index is 0.394. The number of nitrogens with one attached hydrogen (secondary N) is 2. The van der Waals surface area contributed by atoms with Gasteiger partial charge < -0.3 is 10.6 Å². The van der Waals surface area contributed by atoms with Gasteiger partial charge in [-0.1, -0.05) is 32.4 Å². The highest BCUT2D eigenvalue weighted by Crippen LogP contribution is 2.38. The molecule has 1 aromatic rings. The molecule has 2 unspecified atom stereocenters. The molecule has 2 N–H and O–H groups in total. The molecule has 0 bridgehead atoms. The van der Waals surface area contributed by atoms with Crippen molar-refractivity contribution in [3.05, 3.63) is 29.3 Å². The first kappa shape index (κ1) is 15.6. The molecule has 1 saturated carbocycles. The number of benzene rings is 1. The maximum absolute atomic E-state index is 5.88. The summed E-state index contributed by atoms with van der Waals surface area (Å²) >= 11 is 11.3. The van der Waals surface area contributed by atoms with E-state index in [1.54, 1.807) is 0 Å². The number of hydrogen-bond acceptors (Lipinski definition) is 1. The van der Waals surface area contributed by atoms with E-state index >= 15 is 0 Å². The Kier molecular flexibility index (Phi) is 4.92. The van der Waals surface area contributed by atoms with E-state index in [0.29, 0.717) is 16.6 Å².